The molecule has 0 heterocycles. The van der Waals surface area contributed by atoms with E-state index in [1.54, 1.807) is 0 Å². The third-order valence-corrected chi connectivity index (χ3v) is 5.81. The van der Waals surface area contributed by atoms with E-state index in [9.17, 15) is 8.42 Å². The molecular weight excluding hydrogens is 341 g/mol. The quantitative estimate of drug-likeness (QED) is 0.651. The van der Waals surface area contributed by atoms with Crippen molar-refractivity contribution in [3.63, 3.8) is 0 Å². The lowest BCUT2D eigenvalue weighted by Gasteiger charge is -2.21. The van der Waals surface area contributed by atoms with Crippen molar-refractivity contribution in [2.75, 3.05) is 0 Å². The van der Waals surface area contributed by atoms with Gasteiger partial charge in [-0.05, 0) is 31.0 Å². The van der Waals surface area contributed by atoms with Crippen LogP contribution in [0.15, 0.2) is 23.1 Å². The molecule has 7 heteroatoms. The van der Waals surface area contributed by atoms with Gasteiger partial charge < -0.3 is 0 Å². The molecule has 1 N–H and O–H groups in total. The average molecular weight is 357 g/mol. The molecule has 1 aliphatic carbocycles. The van der Waals surface area contributed by atoms with Crippen LogP contribution in [0.3, 0.4) is 0 Å². The number of hydrogen-bond acceptors (Lipinski definition) is 2. The summed E-state index contributed by atoms with van der Waals surface area (Å²) in [6.07, 6.45) is 4.68. The average Bonchev–Trinajstić information content (AvgIpc) is 2.53. The predicted octanol–water partition coefficient (Wildman–Crippen LogP) is 4.21. The number of alkyl halides is 1. The van der Waals surface area contributed by atoms with Crippen LogP contribution in [0.25, 0.3) is 0 Å². The molecule has 0 aromatic heterocycles. The Balaban J connectivity index is 2.21. The molecule has 0 spiro atoms. The monoisotopic (exact) mass is 355 g/mol. The number of sulfonamides is 1. The maximum atomic E-state index is 12.4. The summed E-state index contributed by atoms with van der Waals surface area (Å²) in [5.74, 6) is 0. The SMILES string of the molecule is O=S(=O)(NC1CCCCCC1Cl)c1cc(Cl)cc(Cl)c1. The van der Waals surface area contributed by atoms with Crippen LogP contribution in [0.4, 0.5) is 0 Å². The molecule has 2 unspecified atom stereocenters. The fourth-order valence-corrected chi connectivity index (χ4v) is 4.80. The Kier molecular flexibility index (Phi) is 5.60. The minimum Gasteiger partial charge on any atom is -0.207 e. The lowest BCUT2D eigenvalue weighted by Crippen LogP contribution is -2.40. The summed E-state index contributed by atoms with van der Waals surface area (Å²) in [4.78, 5) is 0.0723. The topological polar surface area (TPSA) is 46.2 Å². The Morgan fingerprint density at radius 3 is 2.25 bits per heavy atom. The van der Waals surface area contributed by atoms with Crippen LogP contribution < -0.4 is 4.72 Å². The minimum absolute atomic E-state index is 0.0723. The van der Waals surface area contributed by atoms with Gasteiger partial charge in [0.1, 0.15) is 0 Å². The van der Waals surface area contributed by atoms with Crippen LogP contribution in [-0.2, 0) is 10.0 Å². The van der Waals surface area contributed by atoms with Crippen molar-refractivity contribution in [1.82, 2.24) is 4.72 Å². The van der Waals surface area contributed by atoms with Crippen molar-refractivity contribution >= 4 is 44.8 Å². The van der Waals surface area contributed by atoms with E-state index in [0.29, 0.717) is 10.0 Å². The Hall–Kier alpha value is -0.000000000000000139. The molecule has 1 aromatic rings. The summed E-state index contributed by atoms with van der Waals surface area (Å²) in [6.45, 7) is 0. The molecule has 0 saturated heterocycles. The number of halogens is 3. The smallest absolute Gasteiger partial charge is 0.207 e. The first-order chi connectivity index (χ1) is 9.38. The van der Waals surface area contributed by atoms with E-state index >= 15 is 0 Å². The van der Waals surface area contributed by atoms with Gasteiger partial charge >= 0.3 is 0 Å². The van der Waals surface area contributed by atoms with Crippen LogP contribution in [0, 0.1) is 0 Å². The molecule has 2 atom stereocenters. The van der Waals surface area contributed by atoms with Crippen LogP contribution in [-0.4, -0.2) is 19.8 Å². The Bertz CT molecular complexity index is 557. The molecular formula is C13H16Cl3NO2S. The van der Waals surface area contributed by atoms with Crippen LogP contribution >= 0.6 is 34.8 Å². The molecule has 20 heavy (non-hydrogen) atoms. The van der Waals surface area contributed by atoms with Crippen molar-refractivity contribution < 1.29 is 8.42 Å². The Morgan fingerprint density at radius 2 is 1.60 bits per heavy atom. The van der Waals surface area contributed by atoms with Crippen molar-refractivity contribution in [3.05, 3.63) is 28.2 Å². The van der Waals surface area contributed by atoms with E-state index in [-0.39, 0.29) is 16.3 Å². The number of benzene rings is 1. The van der Waals surface area contributed by atoms with E-state index in [2.05, 4.69) is 4.72 Å². The second-order valence-corrected chi connectivity index (χ2v) is 8.13. The molecule has 3 nitrogen and oxygen atoms in total. The second-order valence-electron chi connectivity index (χ2n) is 4.99. The third-order valence-electron chi connectivity index (χ3n) is 3.38. The second kappa shape index (κ2) is 6.84. The number of rotatable bonds is 3. The summed E-state index contributed by atoms with van der Waals surface area (Å²) >= 11 is 18.0. The van der Waals surface area contributed by atoms with Gasteiger partial charge in [0.05, 0.1) is 4.90 Å². The number of nitrogens with one attached hydrogen (secondary N) is 1. The van der Waals surface area contributed by atoms with Crippen molar-refractivity contribution in [2.45, 2.75) is 48.4 Å². The van der Waals surface area contributed by atoms with Crippen LogP contribution in [0.5, 0.6) is 0 Å². The van der Waals surface area contributed by atoms with Gasteiger partial charge in [-0.15, -0.1) is 11.6 Å². The first-order valence-corrected chi connectivity index (χ1v) is 9.18. The molecule has 112 valence electrons. The fourth-order valence-electron chi connectivity index (χ4n) is 2.35. The highest BCUT2D eigenvalue weighted by Crippen LogP contribution is 2.26. The van der Waals surface area contributed by atoms with E-state index < -0.39 is 10.0 Å². The van der Waals surface area contributed by atoms with E-state index in [1.807, 2.05) is 0 Å². The first-order valence-electron chi connectivity index (χ1n) is 6.51. The van der Waals surface area contributed by atoms with E-state index in [0.717, 1.165) is 32.1 Å². The van der Waals surface area contributed by atoms with Crippen LogP contribution in [0.1, 0.15) is 32.1 Å². The first kappa shape index (κ1) is 16.4. The zero-order chi connectivity index (χ0) is 14.8. The maximum Gasteiger partial charge on any atom is 0.240 e. The van der Waals surface area contributed by atoms with Crippen molar-refractivity contribution in [1.29, 1.82) is 0 Å². The van der Waals surface area contributed by atoms with Gasteiger partial charge in [0.15, 0.2) is 0 Å². The largest absolute Gasteiger partial charge is 0.240 e. The Labute approximate surface area is 134 Å². The molecule has 0 aliphatic heterocycles. The van der Waals surface area contributed by atoms with E-state index in [1.165, 1.54) is 18.2 Å². The van der Waals surface area contributed by atoms with Gasteiger partial charge in [0, 0.05) is 21.5 Å². The normalized spacial score (nSPS) is 24.4. The van der Waals surface area contributed by atoms with Crippen LogP contribution in [0.2, 0.25) is 10.0 Å². The molecule has 1 aliphatic rings. The Morgan fingerprint density at radius 1 is 1.00 bits per heavy atom. The lowest BCUT2D eigenvalue weighted by atomic mass is 10.1. The zero-order valence-electron chi connectivity index (χ0n) is 10.8. The highest BCUT2D eigenvalue weighted by molar-refractivity contribution is 7.89. The summed E-state index contributed by atoms with van der Waals surface area (Å²) in [5.41, 5.74) is 0. The summed E-state index contributed by atoms with van der Waals surface area (Å²) < 4.78 is 27.4. The third kappa shape index (κ3) is 4.25. The highest BCUT2D eigenvalue weighted by atomic mass is 35.5. The van der Waals surface area contributed by atoms with E-state index in [4.69, 9.17) is 34.8 Å². The van der Waals surface area contributed by atoms with Gasteiger partial charge in [0.25, 0.3) is 0 Å². The van der Waals surface area contributed by atoms with Gasteiger partial charge in [0.2, 0.25) is 10.0 Å². The molecule has 1 fully saturated rings. The molecule has 1 saturated carbocycles. The molecule has 2 rings (SSSR count). The molecule has 0 bridgehead atoms. The number of hydrogen-bond donors (Lipinski definition) is 1. The van der Waals surface area contributed by atoms with Gasteiger partial charge in [-0.25, -0.2) is 13.1 Å². The highest BCUT2D eigenvalue weighted by Gasteiger charge is 2.27. The zero-order valence-corrected chi connectivity index (χ0v) is 13.9. The maximum absolute atomic E-state index is 12.4. The summed E-state index contributed by atoms with van der Waals surface area (Å²) in [5, 5.41) is 0.407. The summed E-state index contributed by atoms with van der Waals surface area (Å²) in [6, 6.07) is 4.02. The van der Waals surface area contributed by atoms with Gasteiger partial charge in [-0.3, -0.25) is 0 Å². The van der Waals surface area contributed by atoms with Gasteiger partial charge in [-0.1, -0.05) is 42.5 Å². The molecule has 0 radical (unpaired) electrons. The predicted molar refractivity (Wildman–Crippen MR) is 83.3 cm³/mol. The summed E-state index contributed by atoms with van der Waals surface area (Å²) in [7, 11) is -3.66. The standard InChI is InChI=1S/C13H16Cl3NO2S/c14-9-6-10(15)8-11(7-9)20(18,19)17-13-5-3-1-2-4-12(13)16/h6-8,12-13,17H,1-5H2. The van der Waals surface area contributed by atoms with Gasteiger partial charge in [-0.2, -0.15) is 0 Å². The lowest BCUT2D eigenvalue weighted by molar-refractivity contribution is 0.514. The van der Waals surface area contributed by atoms with Crippen molar-refractivity contribution in [3.8, 4) is 0 Å². The van der Waals surface area contributed by atoms with Crippen molar-refractivity contribution in [2.24, 2.45) is 0 Å². The molecule has 0 amide bonds. The molecule has 1 aromatic carbocycles. The minimum atomic E-state index is -3.66. The fraction of sp³-hybridized carbons (Fsp3) is 0.538.